The number of ether oxygens (including phenoxy) is 3. The summed E-state index contributed by atoms with van der Waals surface area (Å²) in [5, 5.41) is 1.69. The molecule has 0 radical (unpaired) electrons. The zero-order chi connectivity index (χ0) is 31.5. The number of nitrogens with zero attached hydrogens (tertiary/aromatic N) is 3. The molecular weight excluding hydrogens is 600 g/mol. The van der Waals surface area contributed by atoms with Gasteiger partial charge in [-0.05, 0) is 71.3 Å². The standard InChI is InChI=1S/C37H37ClN4O4/c1-44-37(43)33-12-10-30(24-36(33)46-35-4-2-3-34-32(35)13-14-39-34)41-17-15-40(16-18-41)25-27-23-29(42-19-21-45-22-20-42)9-11-31(27)26-5-7-28(38)8-6-26/h2-14,23-24,39H,15-22,25H2,1H3. The minimum Gasteiger partial charge on any atom is -0.465 e. The molecule has 46 heavy (non-hydrogen) atoms. The third-order valence-corrected chi connectivity index (χ3v) is 9.15. The molecule has 2 fully saturated rings. The number of aromatic amines is 1. The van der Waals surface area contributed by atoms with Crippen LogP contribution < -0.4 is 14.5 Å². The maximum absolute atomic E-state index is 12.7. The Bertz CT molecular complexity index is 1830. The number of anilines is 2. The van der Waals surface area contributed by atoms with E-state index in [1.165, 1.54) is 29.5 Å². The quantitative estimate of drug-likeness (QED) is 0.180. The van der Waals surface area contributed by atoms with Crippen molar-refractivity contribution in [2.45, 2.75) is 6.54 Å². The van der Waals surface area contributed by atoms with E-state index in [4.69, 9.17) is 25.8 Å². The van der Waals surface area contributed by atoms with Gasteiger partial charge in [-0.25, -0.2) is 4.79 Å². The highest BCUT2D eigenvalue weighted by Gasteiger charge is 2.23. The van der Waals surface area contributed by atoms with Crippen molar-refractivity contribution in [2.24, 2.45) is 0 Å². The van der Waals surface area contributed by atoms with Gasteiger partial charge >= 0.3 is 5.97 Å². The molecule has 2 aliphatic rings. The summed E-state index contributed by atoms with van der Waals surface area (Å²) in [6, 6.07) is 28.5. The molecule has 8 nitrogen and oxygen atoms in total. The molecule has 2 aliphatic heterocycles. The van der Waals surface area contributed by atoms with Crippen molar-refractivity contribution >= 4 is 39.8 Å². The Kier molecular flexibility index (Phi) is 8.83. The van der Waals surface area contributed by atoms with E-state index in [0.717, 1.165) is 80.6 Å². The fourth-order valence-electron chi connectivity index (χ4n) is 6.38. The Labute approximate surface area is 274 Å². The summed E-state index contributed by atoms with van der Waals surface area (Å²) in [6.45, 7) is 7.67. The Morgan fingerprint density at radius 3 is 2.35 bits per heavy atom. The van der Waals surface area contributed by atoms with Crippen LogP contribution in [0, 0.1) is 0 Å². The van der Waals surface area contributed by atoms with Crippen LogP contribution >= 0.6 is 11.6 Å². The number of hydrogen-bond donors (Lipinski definition) is 1. The van der Waals surface area contributed by atoms with E-state index < -0.39 is 5.97 Å². The van der Waals surface area contributed by atoms with Crippen LogP contribution in [-0.4, -0.2) is 75.4 Å². The lowest BCUT2D eigenvalue weighted by Gasteiger charge is -2.37. The molecule has 9 heteroatoms. The Hall–Kier alpha value is -4.50. The second kappa shape index (κ2) is 13.5. The molecule has 0 amide bonds. The molecule has 3 heterocycles. The predicted molar refractivity (Wildman–Crippen MR) is 184 cm³/mol. The summed E-state index contributed by atoms with van der Waals surface area (Å²) in [5.74, 6) is 0.734. The molecule has 2 saturated heterocycles. The van der Waals surface area contributed by atoms with Crippen LogP contribution in [0.2, 0.25) is 5.02 Å². The highest BCUT2D eigenvalue weighted by Crippen LogP contribution is 2.35. The maximum Gasteiger partial charge on any atom is 0.341 e. The van der Waals surface area contributed by atoms with Crippen LogP contribution in [-0.2, 0) is 16.0 Å². The minimum atomic E-state index is -0.427. The predicted octanol–water partition coefficient (Wildman–Crippen LogP) is 7.23. The van der Waals surface area contributed by atoms with Crippen LogP contribution in [0.15, 0.2) is 91.1 Å². The van der Waals surface area contributed by atoms with Crippen LogP contribution in [0.1, 0.15) is 15.9 Å². The lowest BCUT2D eigenvalue weighted by atomic mass is 9.98. The van der Waals surface area contributed by atoms with E-state index in [1.54, 1.807) is 6.07 Å². The van der Waals surface area contributed by atoms with Crippen LogP contribution in [0.3, 0.4) is 0 Å². The molecule has 0 aliphatic carbocycles. The average molecular weight is 637 g/mol. The molecule has 5 aromatic rings. The number of hydrogen-bond acceptors (Lipinski definition) is 7. The van der Waals surface area contributed by atoms with E-state index in [2.05, 4.69) is 50.0 Å². The second-order valence-electron chi connectivity index (χ2n) is 11.7. The number of carbonyl (C=O) groups excluding carboxylic acids is 1. The summed E-state index contributed by atoms with van der Waals surface area (Å²) >= 11 is 6.22. The number of nitrogens with one attached hydrogen (secondary N) is 1. The molecule has 0 saturated carbocycles. The molecule has 4 aromatic carbocycles. The van der Waals surface area contributed by atoms with Gasteiger partial charge < -0.3 is 29.0 Å². The molecule has 0 spiro atoms. The number of methoxy groups -OCH3 is 1. The van der Waals surface area contributed by atoms with E-state index >= 15 is 0 Å². The molecule has 1 N–H and O–H groups in total. The van der Waals surface area contributed by atoms with Crippen molar-refractivity contribution in [1.82, 2.24) is 9.88 Å². The van der Waals surface area contributed by atoms with Gasteiger partial charge in [0.15, 0.2) is 0 Å². The fraction of sp³-hybridized carbons (Fsp3) is 0.270. The van der Waals surface area contributed by atoms with Gasteiger partial charge in [-0.15, -0.1) is 0 Å². The van der Waals surface area contributed by atoms with Gasteiger partial charge in [-0.3, -0.25) is 4.90 Å². The number of aromatic nitrogens is 1. The molecule has 0 atom stereocenters. The molecule has 7 rings (SSSR count). The highest BCUT2D eigenvalue weighted by atomic mass is 35.5. The Balaban J connectivity index is 1.10. The number of esters is 1. The Morgan fingerprint density at radius 1 is 0.826 bits per heavy atom. The van der Waals surface area contributed by atoms with E-state index in [1.807, 2.05) is 54.7 Å². The van der Waals surface area contributed by atoms with Gasteiger partial charge in [-0.1, -0.05) is 35.9 Å². The maximum atomic E-state index is 12.7. The van der Waals surface area contributed by atoms with Crippen LogP contribution in [0.25, 0.3) is 22.0 Å². The number of rotatable bonds is 8. The number of carbonyl (C=O) groups is 1. The van der Waals surface area contributed by atoms with Crippen molar-refractivity contribution in [3.05, 3.63) is 107 Å². The first-order valence-electron chi connectivity index (χ1n) is 15.7. The van der Waals surface area contributed by atoms with Gasteiger partial charge in [0.1, 0.15) is 17.1 Å². The molecular formula is C37H37ClN4O4. The fourth-order valence-corrected chi connectivity index (χ4v) is 6.51. The Morgan fingerprint density at radius 2 is 1.57 bits per heavy atom. The lowest BCUT2D eigenvalue weighted by Crippen LogP contribution is -2.46. The molecule has 1 aromatic heterocycles. The van der Waals surface area contributed by atoms with Crippen molar-refractivity contribution in [3.8, 4) is 22.6 Å². The summed E-state index contributed by atoms with van der Waals surface area (Å²) < 4.78 is 17.1. The van der Waals surface area contributed by atoms with Gasteiger partial charge in [0.2, 0.25) is 0 Å². The first-order valence-corrected chi connectivity index (χ1v) is 16.1. The minimum absolute atomic E-state index is 0.396. The SMILES string of the molecule is COC(=O)c1ccc(N2CCN(Cc3cc(N4CCOCC4)ccc3-c3ccc(Cl)cc3)CC2)cc1Oc1cccc2[nH]ccc12. The topological polar surface area (TPSA) is 70.3 Å². The summed E-state index contributed by atoms with van der Waals surface area (Å²) in [5.41, 5.74) is 7.32. The average Bonchev–Trinajstić information content (AvgIpc) is 3.59. The normalized spacial score (nSPS) is 15.7. The number of benzene rings is 4. The monoisotopic (exact) mass is 636 g/mol. The van der Waals surface area contributed by atoms with Crippen LogP contribution in [0.5, 0.6) is 11.5 Å². The third-order valence-electron chi connectivity index (χ3n) is 8.90. The van der Waals surface area contributed by atoms with Crippen molar-refractivity contribution < 1.29 is 19.0 Å². The smallest absolute Gasteiger partial charge is 0.341 e. The zero-order valence-corrected chi connectivity index (χ0v) is 26.6. The number of H-pyrrole nitrogens is 1. The third kappa shape index (κ3) is 6.42. The first-order chi connectivity index (χ1) is 22.6. The van der Waals surface area contributed by atoms with Crippen molar-refractivity contribution in [1.29, 1.82) is 0 Å². The van der Waals surface area contributed by atoms with E-state index in [9.17, 15) is 4.79 Å². The van der Waals surface area contributed by atoms with Crippen molar-refractivity contribution in [2.75, 3.05) is 69.4 Å². The number of morpholine rings is 1. The zero-order valence-electron chi connectivity index (χ0n) is 25.9. The van der Waals surface area contributed by atoms with E-state index in [0.29, 0.717) is 17.1 Å². The number of fused-ring (bicyclic) bond motifs is 1. The highest BCUT2D eigenvalue weighted by molar-refractivity contribution is 6.30. The van der Waals surface area contributed by atoms with E-state index in [-0.39, 0.29) is 0 Å². The molecule has 0 unspecified atom stereocenters. The summed E-state index contributed by atoms with van der Waals surface area (Å²) in [4.78, 5) is 23.2. The van der Waals surface area contributed by atoms with Gasteiger partial charge in [0, 0.05) is 85.4 Å². The molecule has 0 bridgehead atoms. The lowest BCUT2D eigenvalue weighted by molar-refractivity contribution is 0.0598. The number of piperazine rings is 1. The van der Waals surface area contributed by atoms with Gasteiger partial charge in [0.25, 0.3) is 0 Å². The molecule has 236 valence electrons. The van der Waals surface area contributed by atoms with Crippen molar-refractivity contribution in [3.63, 3.8) is 0 Å². The number of halogens is 1. The summed E-state index contributed by atoms with van der Waals surface area (Å²) in [6.07, 6.45) is 1.88. The van der Waals surface area contributed by atoms with Crippen LogP contribution in [0.4, 0.5) is 11.4 Å². The summed E-state index contributed by atoms with van der Waals surface area (Å²) in [7, 11) is 1.39. The van der Waals surface area contributed by atoms with Gasteiger partial charge in [-0.2, -0.15) is 0 Å². The first kappa shape index (κ1) is 30.2. The van der Waals surface area contributed by atoms with Gasteiger partial charge in [0.05, 0.1) is 20.3 Å². The second-order valence-corrected chi connectivity index (χ2v) is 12.1. The largest absolute Gasteiger partial charge is 0.465 e.